The third-order valence-corrected chi connectivity index (χ3v) is 3.61. The number of carboxylic acids is 1. The van der Waals surface area contributed by atoms with Crippen LogP contribution in [-0.2, 0) is 14.6 Å². The van der Waals surface area contributed by atoms with Crippen molar-refractivity contribution in [1.82, 2.24) is 10.6 Å². The topological polar surface area (TPSA) is 113 Å². The molecule has 1 aliphatic carbocycles. The van der Waals surface area contributed by atoms with Gasteiger partial charge in [0.05, 0.1) is 5.75 Å². The summed E-state index contributed by atoms with van der Waals surface area (Å²) in [6, 6.07) is -1.75. The van der Waals surface area contributed by atoms with Crippen LogP contribution in [0.3, 0.4) is 0 Å². The highest BCUT2D eigenvalue weighted by Gasteiger charge is 2.24. The molecule has 7 nitrogen and oxygen atoms in total. The molecule has 1 atom stereocenters. The molecule has 104 valence electrons. The number of sulfone groups is 1. The largest absolute Gasteiger partial charge is 0.480 e. The predicted octanol–water partition coefficient (Wildman–Crippen LogP) is -0.416. The quantitative estimate of drug-likeness (QED) is 0.585. The predicted molar refractivity (Wildman–Crippen MR) is 65.0 cm³/mol. The lowest BCUT2D eigenvalue weighted by atomic mass is 10.2. The number of hydrogen-bond acceptors (Lipinski definition) is 4. The van der Waals surface area contributed by atoms with E-state index in [-0.39, 0.29) is 12.2 Å². The molecule has 0 bridgehead atoms. The Labute approximate surface area is 106 Å². The van der Waals surface area contributed by atoms with Gasteiger partial charge < -0.3 is 15.7 Å². The molecular weight excluding hydrogens is 260 g/mol. The lowest BCUT2D eigenvalue weighted by molar-refractivity contribution is -0.139. The van der Waals surface area contributed by atoms with Crippen LogP contribution >= 0.6 is 0 Å². The zero-order valence-electron chi connectivity index (χ0n) is 10.2. The van der Waals surface area contributed by atoms with E-state index in [1.165, 1.54) is 0 Å². The van der Waals surface area contributed by atoms with Gasteiger partial charge in [0.25, 0.3) is 0 Å². The van der Waals surface area contributed by atoms with Crippen LogP contribution in [-0.4, -0.2) is 50.1 Å². The molecule has 3 N–H and O–H groups in total. The Bertz CT molecular complexity index is 416. The second kappa shape index (κ2) is 6.03. The van der Waals surface area contributed by atoms with Crippen molar-refractivity contribution in [2.45, 2.75) is 25.3 Å². The van der Waals surface area contributed by atoms with Crippen molar-refractivity contribution in [2.24, 2.45) is 5.92 Å². The summed E-state index contributed by atoms with van der Waals surface area (Å²) in [7, 11) is -3.24. The van der Waals surface area contributed by atoms with E-state index in [9.17, 15) is 18.0 Å². The fraction of sp³-hybridized carbons (Fsp3) is 0.800. The van der Waals surface area contributed by atoms with Crippen LogP contribution in [0.1, 0.15) is 19.3 Å². The Kier molecular flexibility index (Phi) is 4.94. The third kappa shape index (κ3) is 6.43. The van der Waals surface area contributed by atoms with E-state index in [0.717, 1.165) is 19.1 Å². The average molecular weight is 278 g/mol. The summed E-state index contributed by atoms with van der Waals surface area (Å²) in [6.07, 6.45) is 3.05. The molecule has 0 radical (unpaired) electrons. The Morgan fingerprint density at radius 1 is 1.39 bits per heavy atom. The van der Waals surface area contributed by atoms with Gasteiger partial charge in [-0.05, 0) is 25.2 Å². The molecule has 0 aliphatic heterocycles. The summed E-state index contributed by atoms with van der Waals surface area (Å²) >= 11 is 0. The summed E-state index contributed by atoms with van der Waals surface area (Å²) < 4.78 is 21.9. The fourth-order valence-corrected chi connectivity index (χ4v) is 2.02. The Hall–Kier alpha value is -1.31. The van der Waals surface area contributed by atoms with E-state index in [1.807, 2.05) is 0 Å². The monoisotopic (exact) mass is 278 g/mol. The molecule has 1 rings (SSSR count). The van der Waals surface area contributed by atoms with Crippen LogP contribution in [0.5, 0.6) is 0 Å². The molecule has 1 fully saturated rings. The van der Waals surface area contributed by atoms with Crippen LogP contribution in [0.4, 0.5) is 4.79 Å². The number of aliphatic carboxylic acids is 1. The van der Waals surface area contributed by atoms with Crippen LogP contribution in [0.25, 0.3) is 0 Å². The maximum Gasteiger partial charge on any atom is 0.326 e. The molecule has 0 aromatic heterocycles. The fourth-order valence-electron chi connectivity index (χ4n) is 1.36. The molecule has 8 heteroatoms. The van der Waals surface area contributed by atoms with E-state index in [1.54, 1.807) is 0 Å². The van der Waals surface area contributed by atoms with Gasteiger partial charge in [-0.2, -0.15) is 0 Å². The first kappa shape index (κ1) is 14.7. The molecule has 2 amide bonds. The molecule has 0 spiro atoms. The smallest absolute Gasteiger partial charge is 0.326 e. The van der Waals surface area contributed by atoms with Gasteiger partial charge in [-0.15, -0.1) is 0 Å². The highest BCUT2D eigenvalue weighted by atomic mass is 32.2. The van der Waals surface area contributed by atoms with Gasteiger partial charge in [0.2, 0.25) is 0 Å². The van der Waals surface area contributed by atoms with E-state index in [0.29, 0.717) is 12.5 Å². The average Bonchev–Trinajstić information content (AvgIpc) is 3.03. The summed E-state index contributed by atoms with van der Waals surface area (Å²) in [5.74, 6) is -1.01. The molecule has 0 saturated heterocycles. The van der Waals surface area contributed by atoms with E-state index in [2.05, 4.69) is 10.6 Å². The first-order valence-electron chi connectivity index (χ1n) is 5.73. The van der Waals surface area contributed by atoms with Crippen molar-refractivity contribution in [1.29, 1.82) is 0 Å². The maximum atomic E-state index is 11.4. The number of rotatable bonds is 7. The molecule has 0 heterocycles. The second-order valence-electron chi connectivity index (χ2n) is 4.61. The van der Waals surface area contributed by atoms with Crippen molar-refractivity contribution in [3.05, 3.63) is 0 Å². The molecule has 1 unspecified atom stereocenters. The Morgan fingerprint density at radius 2 is 2.00 bits per heavy atom. The first-order chi connectivity index (χ1) is 8.28. The normalized spacial score (nSPS) is 16.9. The standard InChI is InChI=1S/C10H18N2O5S/c1-18(16,17)5-4-8(9(13)14)12-10(15)11-6-7-2-3-7/h7-8H,2-6H2,1H3,(H,13,14)(H2,11,12,15). The van der Waals surface area contributed by atoms with Crippen LogP contribution in [0.2, 0.25) is 0 Å². The van der Waals surface area contributed by atoms with Gasteiger partial charge in [0, 0.05) is 12.8 Å². The molecule has 1 aliphatic rings. The van der Waals surface area contributed by atoms with E-state index < -0.39 is 27.9 Å². The Morgan fingerprint density at radius 3 is 2.44 bits per heavy atom. The zero-order valence-corrected chi connectivity index (χ0v) is 11.0. The van der Waals surface area contributed by atoms with Crippen molar-refractivity contribution in [3.63, 3.8) is 0 Å². The lowest BCUT2D eigenvalue weighted by Crippen LogP contribution is -2.47. The van der Waals surface area contributed by atoms with Crippen molar-refractivity contribution in [2.75, 3.05) is 18.6 Å². The molecular formula is C10H18N2O5S. The van der Waals surface area contributed by atoms with Gasteiger partial charge in [0.15, 0.2) is 0 Å². The number of hydrogen-bond donors (Lipinski definition) is 3. The van der Waals surface area contributed by atoms with Gasteiger partial charge >= 0.3 is 12.0 Å². The van der Waals surface area contributed by atoms with Crippen molar-refractivity contribution >= 4 is 21.8 Å². The van der Waals surface area contributed by atoms with Gasteiger partial charge in [-0.1, -0.05) is 0 Å². The second-order valence-corrected chi connectivity index (χ2v) is 6.87. The van der Waals surface area contributed by atoms with Gasteiger partial charge in [-0.3, -0.25) is 0 Å². The number of urea groups is 1. The van der Waals surface area contributed by atoms with E-state index >= 15 is 0 Å². The van der Waals surface area contributed by atoms with Gasteiger partial charge in [0.1, 0.15) is 15.9 Å². The number of nitrogens with one attached hydrogen (secondary N) is 2. The summed E-state index contributed by atoms with van der Waals surface area (Å²) in [5, 5.41) is 13.7. The van der Waals surface area contributed by atoms with Crippen LogP contribution in [0, 0.1) is 5.92 Å². The third-order valence-electron chi connectivity index (χ3n) is 2.63. The first-order valence-corrected chi connectivity index (χ1v) is 7.79. The van der Waals surface area contributed by atoms with Gasteiger partial charge in [-0.25, -0.2) is 18.0 Å². The maximum absolute atomic E-state index is 11.4. The minimum Gasteiger partial charge on any atom is -0.480 e. The molecule has 18 heavy (non-hydrogen) atoms. The van der Waals surface area contributed by atoms with Crippen molar-refractivity contribution < 1.29 is 23.1 Å². The number of carbonyl (C=O) groups excluding carboxylic acids is 1. The minimum atomic E-state index is -3.24. The van der Waals surface area contributed by atoms with Crippen LogP contribution < -0.4 is 10.6 Å². The van der Waals surface area contributed by atoms with Crippen molar-refractivity contribution in [3.8, 4) is 0 Å². The number of amides is 2. The Balaban J connectivity index is 2.35. The number of carbonyl (C=O) groups is 2. The summed E-state index contributed by atoms with van der Waals surface area (Å²) in [5.41, 5.74) is 0. The highest BCUT2D eigenvalue weighted by molar-refractivity contribution is 7.90. The summed E-state index contributed by atoms with van der Waals surface area (Å²) in [6.45, 7) is 0.532. The SMILES string of the molecule is CS(=O)(=O)CCC(NC(=O)NCC1CC1)C(=O)O. The minimum absolute atomic E-state index is 0.134. The lowest BCUT2D eigenvalue weighted by Gasteiger charge is -2.14. The zero-order chi connectivity index (χ0) is 13.8. The highest BCUT2D eigenvalue weighted by Crippen LogP contribution is 2.27. The number of carboxylic acid groups (broad SMARTS) is 1. The molecule has 0 aromatic rings. The molecule has 1 saturated carbocycles. The van der Waals surface area contributed by atoms with Crippen LogP contribution in [0.15, 0.2) is 0 Å². The molecule has 0 aromatic carbocycles. The summed E-state index contributed by atoms with van der Waals surface area (Å²) in [4.78, 5) is 22.2. The van der Waals surface area contributed by atoms with E-state index in [4.69, 9.17) is 5.11 Å².